The summed E-state index contributed by atoms with van der Waals surface area (Å²) in [5, 5.41) is 0. The van der Waals surface area contributed by atoms with Crippen LogP contribution in [-0.4, -0.2) is 6.21 Å². The van der Waals surface area contributed by atoms with Crippen molar-refractivity contribution in [1.82, 2.24) is 0 Å². The van der Waals surface area contributed by atoms with Crippen molar-refractivity contribution in [3.05, 3.63) is 35.4 Å². The Balaban J connectivity index is 2.21. The molecule has 0 aliphatic carbocycles. The number of hydrogen-bond donors (Lipinski definition) is 1. The zero-order chi connectivity index (χ0) is 12.1. The van der Waals surface area contributed by atoms with Gasteiger partial charge in [-0.3, -0.25) is 4.99 Å². The van der Waals surface area contributed by atoms with Gasteiger partial charge in [0, 0.05) is 18.7 Å². The van der Waals surface area contributed by atoms with E-state index >= 15 is 0 Å². The number of hydrogen-bond acceptors (Lipinski definition) is 2. The molecule has 1 heterocycles. The lowest BCUT2D eigenvalue weighted by Crippen LogP contribution is -2.09. The maximum absolute atomic E-state index is 6.18. The van der Waals surface area contributed by atoms with Crippen LogP contribution in [0.3, 0.4) is 0 Å². The zero-order valence-electron chi connectivity index (χ0n) is 10.4. The minimum Gasteiger partial charge on any atom is -0.324 e. The monoisotopic (exact) mass is 228 g/mol. The first-order valence-electron chi connectivity index (χ1n) is 6.40. The highest BCUT2D eigenvalue weighted by Crippen LogP contribution is 2.27. The van der Waals surface area contributed by atoms with Crippen LogP contribution in [0.15, 0.2) is 29.3 Å². The summed E-state index contributed by atoms with van der Waals surface area (Å²) in [4.78, 5) is 4.47. The molecule has 0 bridgehead atoms. The van der Waals surface area contributed by atoms with E-state index in [1.54, 1.807) is 0 Å². The van der Waals surface area contributed by atoms with Crippen LogP contribution < -0.4 is 5.73 Å². The average Bonchev–Trinajstić information content (AvgIpc) is 2.60. The van der Waals surface area contributed by atoms with E-state index in [0.29, 0.717) is 0 Å². The van der Waals surface area contributed by atoms with Crippen LogP contribution in [0.2, 0.25) is 0 Å². The Bertz CT molecular complexity index is 433. The van der Waals surface area contributed by atoms with Gasteiger partial charge in [-0.1, -0.05) is 44.1 Å². The Morgan fingerprint density at radius 1 is 1.41 bits per heavy atom. The quantitative estimate of drug-likeness (QED) is 0.831. The highest BCUT2D eigenvalue weighted by molar-refractivity contribution is 5.76. The minimum absolute atomic E-state index is 0.141. The third-order valence-corrected chi connectivity index (χ3v) is 3.12. The lowest BCUT2D eigenvalue weighted by atomic mass is 9.99. The number of allylic oxidation sites excluding steroid dienone is 1. The van der Waals surface area contributed by atoms with Gasteiger partial charge in [-0.15, -0.1) is 0 Å². The Kier molecular flexibility index (Phi) is 4.10. The number of rotatable bonds is 4. The van der Waals surface area contributed by atoms with E-state index in [4.69, 9.17) is 5.73 Å². The number of nitrogens with two attached hydrogens (primary N) is 1. The van der Waals surface area contributed by atoms with E-state index in [0.717, 1.165) is 18.5 Å². The molecule has 0 fully saturated rings. The smallest absolute Gasteiger partial charge is 0.0701 e. The number of fused-ring (bicyclic) bond motifs is 1. The van der Waals surface area contributed by atoms with Crippen molar-refractivity contribution < 1.29 is 0 Å². The molecular weight excluding hydrogens is 208 g/mol. The highest BCUT2D eigenvalue weighted by Gasteiger charge is 2.08. The summed E-state index contributed by atoms with van der Waals surface area (Å²) in [6.07, 6.45) is 10.5. The lowest BCUT2D eigenvalue weighted by molar-refractivity contribution is 0.603. The summed E-state index contributed by atoms with van der Waals surface area (Å²) < 4.78 is 0. The molecule has 0 radical (unpaired) electrons. The van der Waals surface area contributed by atoms with Crippen molar-refractivity contribution in [1.29, 1.82) is 0 Å². The molecule has 2 rings (SSSR count). The van der Waals surface area contributed by atoms with Crippen LogP contribution in [-0.2, 0) is 0 Å². The highest BCUT2D eigenvalue weighted by atomic mass is 14.7. The predicted octanol–water partition coefficient (Wildman–Crippen LogP) is 4.00. The minimum atomic E-state index is 0.141. The molecule has 0 aromatic heterocycles. The van der Waals surface area contributed by atoms with Crippen molar-refractivity contribution in [3.63, 3.8) is 0 Å². The summed E-state index contributed by atoms with van der Waals surface area (Å²) in [5.41, 5.74) is 9.61. The SMILES string of the molecule is CCCCC(N)c1ccc2c(c1)N=CCC=C2. The maximum atomic E-state index is 6.18. The third kappa shape index (κ3) is 3.04. The molecule has 1 aromatic carbocycles. The molecule has 0 amide bonds. The van der Waals surface area contributed by atoms with Crippen molar-refractivity contribution >= 4 is 18.0 Å². The molecule has 2 N–H and O–H groups in total. The molecule has 1 unspecified atom stereocenters. The number of benzene rings is 1. The van der Waals surface area contributed by atoms with E-state index in [1.165, 1.54) is 24.0 Å². The molecule has 2 heteroatoms. The Labute approximate surface area is 103 Å². The standard InChI is InChI=1S/C15H20N2/c1-2-3-7-14(16)13-9-8-12-6-4-5-10-17-15(12)11-13/h4,6,8-11,14H,2-3,5,7,16H2,1H3. The van der Waals surface area contributed by atoms with Gasteiger partial charge in [-0.25, -0.2) is 0 Å². The number of unbranched alkanes of at least 4 members (excludes halogenated alkanes) is 1. The second-order valence-corrected chi connectivity index (χ2v) is 4.52. The van der Waals surface area contributed by atoms with Crippen molar-refractivity contribution in [2.45, 2.75) is 38.6 Å². The van der Waals surface area contributed by atoms with Crippen LogP contribution >= 0.6 is 0 Å². The Morgan fingerprint density at radius 2 is 2.29 bits per heavy atom. The first kappa shape index (κ1) is 12.1. The van der Waals surface area contributed by atoms with Crippen LogP contribution in [0.5, 0.6) is 0 Å². The molecule has 90 valence electrons. The Morgan fingerprint density at radius 3 is 3.12 bits per heavy atom. The molecule has 1 aromatic rings. The summed E-state index contributed by atoms with van der Waals surface area (Å²) in [6, 6.07) is 6.52. The number of aliphatic imine (C=N–C) groups is 1. The number of nitrogens with zero attached hydrogens (tertiary/aromatic N) is 1. The van der Waals surface area contributed by atoms with E-state index in [9.17, 15) is 0 Å². The molecule has 0 saturated carbocycles. The third-order valence-electron chi connectivity index (χ3n) is 3.12. The summed E-state index contributed by atoms with van der Waals surface area (Å²) in [5.74, 6) is 0. The summed E-state index contributed by atoms with van der Waals surface area (Å²) in [7, 11) is 0. The van der Waals surface area contributed by atoms with Crippen molar-refractivity contribution in [2.24, 2.45) is 10.7 Å². The topological polar surface area (TPSA) is 38.4 Å². The van der Waals surface area contributed by atoms with Gasteiger partial charge in [-0.05, 0) is 23.6 Å². The Hall–Kier alpha value is -1.41. The first-order valence-corrected chi connectivity index (χ1v) is 6.40. The zero-order valence-corrected chi connectivity index (χ0v) is 10.4. The van der Waals surface area contributed by atoms with Gasteiger partial charge >= 0.3 is 0 Å². The molecule has 0 saturated heterocycles. The lowest BCUT2D eigenvalue weighted by Gasteiger charge is -2.12. The van der Waals surface area contributed by atoms with E-state index < -0.39 is 0 Å². The van der Waals surface area contributed by atoms with Gasteiger partial charge in [0.2, 0.25) is 0 Å². The predicted molar refractivity (Wildman–Crippen MR) is 74.7 cm³/mol. The van der Waals surface area contributed by atoms with Gasteiger partial charge in [0.25, 0.3) is 0 Å². The second-order valence-electron chi connectivity index (χ2n) is 4.52. The van der Waals surface area contributed by atoms with Crippen LogP contribution in [0.25, 0.3) is 6.08 Å². The largest absolute Gasteiger partial charge is 0.324 e. The average molecular weight is 228 g/mol. The second kappa shape index (κ2) is 5.78. The van der Waals surface area contributed by atoms with Crippen LogP contribution in [0, 0.1) is 0 Å². The normalized spacial score (nSPS) is 15.4. The molecular formula is C15H20N2. The molecule has 1 atom stereocenters. The van der Waals surface area contributed by atoms with Gasteiger partial charge in [0.15, 0.2) is 0 Å². The van der Waals surface area contributed by atoms with Gasteiger partial charge < -0.3 is 5.73 Å². The first-order chi connectivity index (χ1) is 8.31. The summed E-state index contributed by atoms with van der Waals surface area (Å²) >= 11 is 0. The van der Waals surface area contributed by atoms with Gasteiger partial charge in [0.1, 0.15) is 0 Å². The van der Waals surface area contributed by atoms with Gasteiger partial charge in [-0.2, -0.15) is 0 Å². The van der Waals surface area contributed by atoms with Crippen molar-refractivity contribution in [3.8, 4) is 0 Å². The van der Waals surface area contributed by atoms with Gasteiger partial charge in [0.05, 0.1) is 5.69 Å². The summed E-state index contributed by atoms with van der Waals surface area (Å²) in [6.45, 7) is 2.19. The molecule has 0 spiro atoms. The van der Waals surface area contributed by atoms with E-state index in [-0.39, 0.29) is 6.04 Å². The molecule has 1 aliphatic rings. The van der Waals surface area contributed by atoms with Crippen LogP contribution in [0.1, 0.15) is 49.8 Å². The van der Waals surface area contributed by atoms with E-state index in [1.807, 2.05) is 6.21 Å². The van der Waals surface area contributed by atoms with E-state index in [2.05, 4.69) is 42.3 Å². The fourth-order valence-corrected chi connectivity index (χ4v) is 2.04. The molecule has 2 nitrogen and oxygen atoms in total. The van der Waals surface area contributed by atoms with Crippen molar-refractivity contribution in [2.75, 3.05) is 0 Å². The molecule has 17 heavy (non-hydrogen) atoms. The fraction of sp³-hybridized carbons (Fsp3) is 0.400. The maximum Gasteiger partial charge on any atom is 0.0701 e. The van der Waals surface area contributed by atoms with Crippen LogP contribution in [0.4, 0.5) is 5.69 Å². The molecule has 1 aliphatic heterocycles. The fourth-order valence-electron chi connectivity index (χ4n) is 2.04.